The molecule has 0 bridgehead atoms. The van der Waals surface area contributed by atoms with Crippen LogP contribution in [0.4, 0.5) is 0 Å². The van der Waals surface area contributed by atoms with E-state index >= 15 is 0 Å². The fourth-order valence-corrected chi connectivity index (χ4v) is 3.47. The van der Waals surface area contributed by atoms with Gasteiger partial charge in [-0.25, -0.2) is 0 Å². The molecule has 4 nitrogen and oxygen atoms in total. The molecular weight excluding hydrogens is 298 g/mol. The lowest BCUT2D eigenvalue weighted by Crippen LogP contribution is -2.36. The number of rotatable bonds is 4. The van der Waals surface area contributed by atoms with Crippen LogP contribution in [0.1, 0.15) is 53.4 Å². The lowest BCUT2D eigenvalue weighted by atomic mass is 9.60. The zero-order valence-electron chi connectivity index (χ0n) is 15.1. The van der Waals surface area contributed by atoms with Crippen LogP contribution in [0.15, 0.2) is 42.2 Å². The molecule has 1 aromatic heterocycles. The second kappa shape index (κ2) is 6.08. The number of aliphatic hydroxyl groups is 1. The Hall–Kier alpha value is -2.10. The molecule has 2 aromatic rings. The molecule has 1 aliphatic rings. The minimum absolute atomic E-state index is 0.00435. The van der Waals surface area contributed by atoms with Gasteiger partial charge in [0.05, 0.1) is 0 Å². The first-order chi connectivity index (χ1) is 11.4. The summed E-state index contributed by atoms with van der Waals surface area (Å²) in [5.74, 6) is 0.270. The highest BCUT2D eigenvalue weighted by Gasteiger charge is 2.41. The van der Waals surface area contributed by atoms with Gasteiger partial charge in [-0.2, -0.15) is 0 Å². The predicted molar refractivity (Wildman–Crippen MR) is 98.5 cm³/mol. The summed E-state index contributed by atoms with van der Waals surface area (Å²) >= 11 is 0. The van der Waals surface area contributed by atoms with Crippen molar-refractivity contribution in [3.63, 3.8) is 0 Å². The maximum absolute atomic E-state index is 10.5. The molecule has 24 heavy (non-hydrogen) atoms. The topological polar surface area (TPSA) is 50.9 Å². The molecule has 0 spiro atoms. The maximum atomic E-state index is 10.5. The van der Waals surface area contributed by atoms with Gasteiger partial charge in [0.25, 0.3) is 0 Å². The van der Waals surface area contributed by atoms with Crippen molar-refractivity contribution in [2.24, 2.45) is 10.8 Å². The number of aromatic nitrogens is 3. The first-order valence-electron chi connectivity index (χ1n) is 8.81. The van der Waals surface area contributed by atoms with Crippen LogP contribution in [0.3, 0.4) is 0 Å². The van der Waals surface area contributed by atoms with E-state index in [0.29, 0.717) is 5.70 Å². The standard InChI is InChI=1S/C20H27N3O/c1-5-6-12-20(19(2,3)4)13-11-18(24)17(14-20)23-21-15-9-7-8-10-16(15)22-23/h7-11,14,24H,5-6,12-13H2,1-4H3. The second-order valence-electron chi connectivity index (χ2n) is 7.81. The van der Waals surface area contributed by atoms with E-state index in [2.05, 4.69) is 44.0 Å². The minimum atomic E-state index is 0.00435. The molecule has 1 unspecified atom stereocenters. The number of fused-ring (bicyclic) bond motifs is 1. The van der Waals surface area contributed by atoms with Crippen molar-refractivity contribution in [3.8, 4) is 0 Å². The van der Waals surface area contributed by atoms with Crippen molar-refractivity contribution < 1.29 is 5.11 Å². The summed E-state index contributed by atoms with van der Waals surface area (Å²) in [5, 5.41) is 19.6. The van der Waals surface area contributed by atoms with Gasteiger partial charge in [-0.1, -0.05) is 52.7 Å². The summed E-state index contributed by atoms with van der Waals surface area (Å²) in [4.78, 5) is 1.59. The molecule has 1 aliphatic carbocycles. The number of hydrogen-bond donors (Lipinski definition) is 1. The third kappa shape index (κ3) is 2.85. The highest BCUT2D eigenvalue weighted by molar-refractivity contribution is 5.75. The smallest absolute Gasteiger partial charge is 0.138 e. The quantitative estimate of drug-likeness (QED) is 0.825. The molecular formula is C20H27N3O. The Balaban J connectivity index is 2.09. The van der Waals surface area contributed by atoms with E-state index in [1.807, 2.05) is 30.3 Å². The monoisotopic (exact) mass is 325 g/mol. The van der Waals surface area contributed by atoms with Crippen LogP contribution in [-0.2, 0) is 0 Å². The molecule has 0 aliphatic heterocycles. The van der Waals surface area contributed by atoms with Crippen molar-refractivity contribution >= 4 is 16.7 Å². The summed E-state index contributed by atoms with van der Waals surface area (Å²) in [6.45, 7) is 9.05. The zero-order chi connectivity index (χ0) is 17.4. The first kappa shape index (κ1) is 16.7. The molecule has 3 rings (SSSR count). The van der Waals surface area contributed by atoms with Crippen LogP contribution in [-0.4, -0.2) is 20.1 Å². The Morgan fingerprint density at radius 1 is 1.17 bits per heavy atom. The van der Waals surface area contributed by atoms with Crippen LogP contribution in [0.25, 0.3) is 16.7 Å². The van der Waals surface area contributed by atoms with Gasteiger partial charge in [0.15, 0.2) is 0 Å². The molecule has 0 saturated carbocycles. The molecule has 1 aromatic carbocycles. The number of benzene rings is 1. The predicted octanol–water partition coefficient (Wildman–Crippen LogP) is 5.34. The van der Waals surface area contributed by atoms with Crippen molar-refractivity contribution in [1.29, 1.82) is 0 Å². The molecule has 1 atom stereocenters. The lowest BCUT2D eigenvalue weighted by Gasteiger charge is -2.44. The normalized spacial score (nSPS) is 21.7. The lowest BCUT2D eigenvalue weighted by molar-refractivity contribution is 0.127. The van der Waals surface area contributed by atoms with Gasteiger partial charge >= 0.3 is 0 Å². The Labute approximate surface area is 143 Å². The van der Waals surface area contributed by atoms with E-state index in [-0.39, 0.29) is 16.6 Å². The maximum Gasteiger partial charge on any atom is 0.138 e. The van der Waals surface area contributed by atoms with E-state index < -0.39 is 0 Å². The summed E-state index contributed by atoms with van der Waals surface area (Å²) in [6, 6.07) is 7.79. The van der Waals surface area contributed by atoms with Crippen molar-refractivity contribution in [3.05, 3.63) is 42.2 Å². The van der Waals surface area contributed by atoms with Crippen LogP contribution < -0.4 is 0 Å². The van der Waals surface area contributed by atoms with Crippen molar-refractivity contribution in [2.45, 2.75) is 53.4 Å². The van der Waals surface area contributed by atoms with E-state index in [0.717, 1.165) is 23.9 Å². The fourth-order valence-electron chi connectivity index (χ4n) is 3.47. The molecule has 4 heteroatoms. The Morgan fingerprint density at radius 2 is 1.79 bits per heavy atom. The van der Waals surface area contributed by atoms with Crippen LogP contribution in [0, 0.1) is 10.8 Å². The number of aliphatic hydroxyl groups excluding tert-OH is 1. The average molecular weight is 325 g/mol. The molecule has 0 radical (unpaired) electrons. The van der Waals surface area contributed by atoms with Gasteiger partial charge < -0.3 is 5.11 Å². The number of unbranched alkanes of at least 4 members (excludes halogenated alkanes) is 1. The number of allylic oxidation sites excluding steroid dienone is 3. The van der Waals surface area contributed by atoms with Crippen molar-refractivity contribution in [1.82, 2.24) is 15.0 Å². The molecule has 128 valence electrons. The van der Waals surface area contributed by atoms with E-state index in [4.69, 9.17) is 0 Å². The van der Waals surface area contributed by atoms with Gasteiger partial charge in [0.2, 0.25) is 0 Å². The summed E-state index contributed by atoms with van der Waals surface area (Å²) in [6.07, 6.45) is 8.43. The zero-order valence-corrected chi connectivity index (χ0v) is 15.1. The van der Waals surface area contributed by atoms with Crippen LogP contribution in [0.5, 0.6) is 0 Å². The van der Waals surface area contributed by atoms with Gasteiger partial charge in [0.1, 0.15) is 22.5 Å². The van der Waals surface area contributed by atoms with Gasteiger partial charge in [0, 0.05) is 0 Å². The molecule has 0 saturated heterocycles. The highest BCUT2D eigenvalue weighted by atomic mass is 16.3. The largest absolute Gasteiger partial charge is 0.506 e. The Bertz CT molecular complexity index is 762. The second-order valence-corrected chi connectivity index (χ2v) is 7.81. The van der Waals surface area contributed by atoms with E-state index in [1.54, 1.807) is 4.80 Å². The van der Waals surface area contributed by atoms with Gasteiger partial charge in [-0.3, -0.25) is 0 Å². The third-order valence-corrected chi connectivity index (χ3v) is 5.31. The molecule has 1 N–H and O–H groups in total. The van der Waals surface area contributed by atoms with Crippen LogP contribution in [0.2, 0.25) is 0 Å². The number of nitrogens with zero attached hydrogens (tertiary/aromatic N) is 3. The summed E-state index contributed by atoms with van der Waals surface area (Å²) < 4.78 is 0. The average Bonchev–Trinajstić information content (AvgIpc) is 2.97. The molecule has 0 amide bonds. The van der Waals surface area contributed by atoms with Gasteiger partial charge in [-0.15, -0.1) is 15.0 Å². The molecule has 1 heterocycles. The molecule has 0 fully saturated rings. The first-order valence-corrected chi connectivity index (χ1v) is 8.81. The van der Waals surface area contributed by atoms with Crippen molar-refractivity contribution in [2.75, 3.05) is 0 Å². The fraction of sp³-hybridized carbons (Fsp3) is 0.500. The van der Waals surface area contributed by atoms with Gasteiger partial charge in [-0.05, 0) is 48.0 Å². The Kier molecular flexibility index (Phi) is 4.24. The summed E-state index contributed by atoms with van der Waals surface area (Å²) in [5.41, 5.74) is 2.48. The number of hydrogen-bond acceptors (Lipinski definition) is 3. The Morgan fingerprint density at radius 3 is 2.33 bits per heavy atom. The van der Waals surface area contributed by atoms with E-state index in [9.17, 15) is 5.11 Å². The van der Waals surface area contributed by atoms with E-state index in [1.165, 1.54) is 12.8 Å². The summed E-state index contributed by atoms with van der Waals surface area (Å²) in [7, 11) is 0. The minimum Gasteiger partial charge on any atom is -0.506 e. The van der Waals surface area contributed by atoms with Crippen LogP contribution >= 0.6 is 0 Å². The third-order valence-electron chi connectivity index (χ3n) is 5.31. The SMILES string of the molecule is CCCCC1(C(C)(C)C)C=C(n2nc3ccccc3n2)C(O)=CC1. The highest BCUT2D eigenvalue weighted by Crippen LogP contribution is 2.50.